The van der Waals surface area contributed by atoms with Crippen molar-refractivity contribution >= 4 is 5.82 Å². The fourth-order valence-corrected chi connectivity index (χ4v) is 3.53. The number of hydrogen-bond donors (Lipinski definition) is 2. The van der Waals surface area contributed by atoms with Crippen LogP contribution in [0.1, 0.15) is 29.7 Å². The standard InChI is InChI=1S/C25H30FN3O3/c1-18(27-12-13-30)24-14-21(26)15-28-25(24)29(16-19-4-8-22(31-2)9-5-19)17-20-6-10-23(32-3)11-7-20/h4-11,14-15,18,27,30H,12-13,16-17H2,1-3H3. The summed E-state index contributed by atoms with van der Waals surface area (Å²) >= 11 is 0. The maximum atomic E-state index is 14.1. The first-order valence-electron chi connectivity index (χ1n) is 10.5. The van der Waals surface area contributed by atoms with E-state index in [1.807, 2.05) is 55.5 Å². The predicted octanol–water partition coefficient (Wildman–Crippen LogP) is 4.09. The number of anilines is 1. The molecule has 0 saturated carbocycles. The van der Waals surface area contributed by atoms with Crippen molar-refractivity contribution in [3.8, 4) is 11.5 Å². The molecule has 0 bridgehead atoms. The Kier molecular flexibility index (Phi) is 8.41. The van der Waals surface area contributed by atoms with Gasteiger partial charge in [-0.2, -0.15) is 0 Å². The van der Waals surface area contributed by atoms with Gasteiger partial charge in [-0.1, -0.05) is 24.3 Å². The highest BCUT2D eigenvalue weighted by molar-refractivity contribution is 5.50. The Morgan fingerprint density at radius 1 is 0.969 bits per heavy atom. The molecule has 6 nitrogen and oxygen atoms in total. The first kappa shape index (κ1) is 23.5. The lowest BCUT2D eigenvalue weighted by atomic mass is 10.1. The minimum absolute atomic E-state index is 0.00380. The summed E-state index contributed by atoms with van der Waals surface area (Å²) in [7, 11) is 3.28. The van der Waals surface area contributed by atoms with Crippen molar-refractivity contribution < 1.29 is 19.0 Å². The van der Waals surface area contributed by atoms with Gasteiger partial charge in [-0.05, 0) is 48.4 Å². The molecule has 1 atom stereocenters. The Balaban J connectivity index is 1.96. The number of methoxy groups -OCH3 is 2. The van der Waals surface area contributed by atoms with Crippen molar-refractivity contribution in [3.05, 3.63) is 83.3 Å². The van der Waals surface area contributed by atoms with Gasteiger partial charge in [-0.15, -0.1) is 0 Å². The van der Waals surface area contributed by atoms with Crippen LogP contribution in [-0.4, -0.2) is 37.5 Å². The number of halogens is 1. The van der Waals surface area contributed by atoms with E-state index in [0.717, 1.165) is 28.2 Å². The van der Waals surface area contributed by atoms with Crippen LogP contribution in [0.25, 0.3) is 0 Å². The molecule has 0 spiro atoms. The van der Waals surface area contributed by atoms with Crippen LogP contribution < -0.4 is 19.7 Å². The van der Waals surface area contributed by atoms with Gasteiger partial charge in [0, 0.05) is 31.2 Å². The van der Waals surface area contributed by atoms with Crippen molar-refractivity contribution in [2.24, 2.45) is 0 Å². The van der Waals surface area contributed by atoms with Crippen LogP contribution in [0.5, 0.6) is 11.5 Å². The normalized spacial score (nSPS) is 11.8. The van der Waals surface area contributed by atoms with E-state index in [9.17, 15) is 9.50 Å². The van der Waals surface area contributed by atoms with Gasteiger partial charge in [0.25, 0.3) is 0 Å². The minimum Gasteiger partial charge on any atom is -0.497 e. The fraction of sp³-hybridized carbons (Fsp3) is 0.320. The maximum absolute atomic E-state index is 14.1. The number of hydrogen-bond acceptors (Lipinski definition) is 6. The van der Waals surface area contributed by atoms with Gasteiger partial charge in [-0.25, -0.2) is 9.37 Å². The molecule has 0 aliphatic rings. The molecule has 1 aromatic heterocycles. The lowest BCUT2D eigenvalue weighted by Crippen LogP contribution is -2.28. The number of aliphatic hydroxyl groups excluding tert-OH is 1. The van der Waals surface area contributed by atoms with E-state index >= 15 is 0 Å². The zero-order chi connectivity index (χ0) is 22.9. The average Bonchev–Trinajstić information content (AvgIpc) is 2.83. The molecule has 0 fully saturated rings. The fourth-order valence-electron chi connectivity index (χ4n) is 3.53. The Morgan fingerprint density at radius 3 is 1.97 bits per heavy atom. The molecular formula is C25H30FN3O3. The molecular weight excluding hydrogens is 409 g/mol. The molecule has 32 heavy (non-hydrogen) atoms. The van der Waals surface area contributed by atoms with E-state index in [4.69, 9.17) is 9.47 Å². The van der Waals surface area contributed by atoms with Crippen LogP contribution in [-0.2, 0) is 13.1 Å². The molecule has 2 N–H and O–H groups in total. The third-order valence-electron chi connectivity index (χ3n) is 5.26. The van der Waals surface area contributed by atoms with Crippen LogP contribution in [0, 0.1) is 5.82 Å². The third-order valence-corrected chi connectivity index (χ3v) is 5.26. The van der Waals surface area contributed by atoms with Gasteiger partial charge in [-0.3, -0.25) is 0 Å². The summed E-state index contributed by atoms with van der Waals surface area (Å²) in [4.78, 5) is 6.59. The number of rotatable bonds is 11. The lowest BCUT2D eigenvalue weighted by Gasteiger charge is -2.28. The minimum atomic E-state index is -0.393. The SMILES string of the molecule is COc1ccc(CN(Cc2ccc(OC)cc2)c2ncc(F)cc2C(C)NCCO)cc1. The van der Waals surface area contributed by atoms with Crippen molar-refractivity contribution in [2.75, 3.05) is 32.3 Å². The maximum Gasteiger partial charge on any atom is 0.141 e. The number of benzene rings is 2. The highest BCUT2D eigenvalue weighted by Gasteiger charge is 2.19. The second-order valence-electron chi connectivity index (χ2n) is 7.52. The van der Waals surface area contributed by atoms with Gasteiger partial charge >= 0.3 is 0 Å². The number of aliphatic hydroxyl groups is 1. The molecule has 1 unspecified atom stereocenters. The van der Waals surface area contributed by atoms with Crippen molar-refractivity contribution in [1.29, 1.82) is 0 Å². The molecule has 0 saturated heterocycles. The lowest BCUT2D eigenvalue weighted by molar-refractivity contribution is 0.286. The first-order valence-corrected chi connectivity index (χ1v) is 10.5. The van der Waals surface area contributed by atoms with Crippen molar-refractivity contribution in [3.63, 3.8) is 0 Å². The molecule has 170 valence electrons. The van der Waals surface area contributed by atoms with Crippen LogP contribution >= 0.6 is 0 Å². The van der Waals surface area contributed by atoms with Crippen molar-refractivity contribution in [2.45, 2.75) is 26.1 Å². The Morgan fingerprint density at radius 2 is 1.50 bits per heavy atom. The van der Waals surface area contributed by atoms with Gasteiger partial charge in [0.15, 0.2) is 0 Å². The van der Waals surface area contributed by atoms with E-state index < -0.39 is 5.82 Å². The smallest absolute Gasteiger partial charge is 0.141 e. The Bertz CT molecular complexity index is 931. The van der Waals surface area contributed by atoms with Gasteiger partial charge in [0.1, 0.15) is 23.1 Å². The zero-order valence-electron chi connectivity index (χ0n) is 18.7. The Hall–Kier alpha value is -3.16. The quantitative estimate of drug-likeness (QED) is 0.469. The molecule has 0 radical (unpaired) electrons. The second kappa shape index (κ2) is 11.5. The Labute approximate surface area is 188 Å². The van der Waals surface area contributed by atoms with Gasteiger partial charge < -0.3 is 24.8 Å². The molecule has 1 heterocycles. The van der Waals surface area contributed by atoms with Crippen LogP contribution in [0.4, 0.5) is 10.2 Å². The van der Waals surface area contributed by atoms with Crippen LogP contribution in [0.2, 0.25) is 0 Å². The number of nitrogens with one attached hydrogen (secondary N) is 1. The highest BCUT2D eigenvalue weighted by atomic mass is 19.1. The summed E-state index contributed by atoms with van der Waals surface area (Å²) in [5.41, 5.74) is 2.89. The number of nitrogens with zero attached hydrogens (tertiary/aromatic N) is 2. The summed E-state index contributed by atoms with van der Waals surface area (Å²) in [6, 6.07) is 17.1. The molecule has 0 amide bonds. The van der Waals surface area contributed by atoms with E-state index in [1.165, 1.54) is 12.3 Å². The second-order valence-corrected chi connectivity index (χ2v) is 7.52. The van der Waals surface area contributed by atoms with Crippen LogP contribution in [0.15, 0.2) is 60.8 Å². The molecule has 0 aliphatic heterocycles. The molecule has 3 aromatic rings. The topological polar surface area (TPSA) is 66.9 Å². The zero-order valence-corrected chi connectivity index (χ0v) is 18.7. The van der Waals surface area contributed by atoms with Crippen LogP contribution in [0.3, 0.4) is 0 Å². The largest absolute Gasteiger partial charge is 0.497 e. The number of ether oxygens (including phenoxy) is 2. The third kappa shape index (κ3) is 6.18. The van der Waals surface area contributed by atoms with E-state index in [0.29, 0.717) is 25.5 Å². The van der Waals surface area contributed by atoms with E-state index in [-0.39, 0.29) is 12.6 Å². The predicted molar refractivity (Wildman–Crippen MR) is 124 cm³/mol. The average molecular weight is 440 g/mol. The summed E-state index contributed by atoms with van der Waals surface area (Å²) < 4.78 is 24.7. The molecule has 2 aromatic carbocycles. The van der Waals surface area contributed by atoms with E-state index in [1.54, 1.807) is 14.2 Å². The summed E-state index contributed by atoms with van der Waals surface area (Å²) in [6.45, 7) is 3.51. The number of pyridine rings is 1. The monoisotopic (exact) mass is 439 g/mol. The van der Waals surface area contributed by atoms with E-state index in [2.05, 4.69) is 15.2 Å². The molecule has 7 heteroatoms. The number of aromatic nitrogens is 1. The van der Waals surface area contributed by atoms with Gasteiger partial charge in [0.2, 0.25) is 0 Å². The molecule has 0 aliphatic carbocycles. The van der Waals surface area contributed by atoms with Gasteiger partial charge in [0.05, 0.1) is 27.0 Å². The summed E-state index contributed by atoms with van der Waals surface area (Å²) in [6.07, 6.45) is 1.24. The first-order chi connectivity index (χ1) is 15.5. The summed E-state index contributed by atoms with van der Waals surface area (Å²) in [5.74, 6) is 1.88. The highest BCUT2D eigenvalue weighted by Crippen LogP contribution is 2.28. The van der Waals surface area contributed by atoms with Crippen molar-refractivity contribution in [1.82, 2.24) is 10.3 Å². The molecule has 3 rings (SSSR count). The summed E-state index contributed by atoms with van der Waals surface area (Å²) in [5, 5.41) is 12.4.